The molecule has 1 aromatic heterocycles. The number of nitrogens with zero attached hydrogens (tertiary/aromatic N) is 2. The van der Waals surface area contributed by atoms with Gasteiger partial charge in [-0.15, -0.1) is 0 Å². The molecule has 1 aliphatic rings. The predicted molar refractivity (Wildman–Crippen MR) is 66.7 cm³/mol. The topological polar surface area (TPSA) is 85.2 Å². The molecule has 4 N–H and O–H groups in total. The zero-order valence-corrected chi connectivity index (χ0v) is 9.97. The van der Waals surface area contributed by atoms with Crippen LogP contribution in [-0.2, 0) is 0 Å². The highest BCUT2D eigenvalue weighted by molar-refractivity contribution is 5.92. The molecule has 17 heavy (non-hydrogen) atoms. The summed E-state index contributed by atoms with van der Waals surface area (Å²) in [5, 5.41) is 0. The van der Waals surface area contributed by atoms with E-state index in [0.717, 1.165) is 25.2 Å². The summed E-state index contributed by atoms with van der Waals surface area (Å²) in [6.45, 7) is 0.955. The minimum absolute atomic E-state index is 0.374. The number of rotatable bonds is 4. The van der Waals surface area contributed by atoms with E-state index in [1.165, 1.54) is 6.20 Å². The Morgan fingerprint density at radius 1 is 1.53 bits per heavy atom. The highest BCUT2D eigenvalue weighted by Crippen LogP contribution is 2.27. The number of hydrogen-bond acceptors (Lipinski definition) is 4. The first-order valence-corrected chi connectivity index (χ1v) is 5.79. The zero-order chi connectivity index (χ0) is 12.4. The summed E-state index contributed by atoms with van der Waals surface area (Å²) < 4.78 is 0. The lowest BCUT2D eigenvalue weighted by molar-refractivity contribution is 0.1000. The molecule has 0 radical (unpaired) electrons. The van der Waals surface area contributed by atoms with E-state index in [2.05, 4.69) is 9.88 Å². The average molecular weight is 234 g/mol. The summed E-state index contributed by atoms with van der Waals surface area (Å²) in [5.41, 5.74) is 11.3. The van der Waals surface area contributed by atoms with Gasteiger partial charge < -0.3 is 16.4 Å². The van der Waals surface area contributed by atoms with Gasteiger partial charge in [0, 0.05) is 25.8 Å². The number of nitrogens with two attached hydrogens (primary N) is 2. The number of anilines is 1. The molecule has 1 fully saturated rings. The second kappa shape index (κ2) is 4.71. The van der Waals surface area contributed by atoms with Crippen molar-refractivity contribution in [3.63, 3.8) is 0 Å². The van der Waals surface area contributed by atoms with Gasteiger partial charge in [-0.25, -0.2) is 4.98 Å². The lowest BCUT2D eigenvalue weighted by atomic mass is 9.80. The third kappa shape index (κ3) is 2.74. The Hall–Kier alpha value is -1.62. The van der Waals surface area contributed by atoms with Gasteiger partial charge in [0.1, 0.15) is 5.82 Å². The van der Waals surface area contributed by atoms with Crippen LogP contribution in [-0.4, -0.2) is 30.5 Å². The summed E-state index contributed by atoms with van der Waals surface area (Å²) in [4.78, 5) is 17.2. The quantitative estimate of drug-likeness (QED) is 0.787. The number of amides is 1. The molecular formula is C12H18N4O. The van der Waals surface area contributed by atoms with Crippen molar-refractivity contribution in [3.05, 3.63) is 23.9 Å². The average Bonchev–Trinajstić information content (AvgIpc) is 2.27. The first kappa shape index (κ1) is 11.9. The lowest BCUT2D eigenvalue weighted by Crippen LogP contribution is -2.42. The molecule has 5 nitrogen and oxygen atoms in total. The highest BCUT2D eigenvalue weighted by Gasteiger charge is 2.26. The monoisotopic (exact) mass is 234 g/mol. The maximum absolute atomic E-state index is 10.9. The molecule has 1 aromatic rings. The Labute approximate surface area is 101 Å². The maximum Gasteiger partial charge on any atom is 0.250 e. The van der Waals surface area contributed by atoms with Crippen LogP contribution in [0.4, 0.5) is 5.82 Å². The van der Waals surface area contributed by atoms with Gasteiger partial charge >= 0.3 is 0 Å². The first-order valence-electron chi connectivity index (χ1n) is 5.79. The van der Waals surface area contributed by atoms with Crippen molar-refractivity contribution in [1.82, 2.24) is 4.98 Å². The molecule has 0 spiro atoms. The summed E-state index contributed by atoms with van der Waals surface area (Å²) in [6.07, 6.45) is 3.69. The summed E-state index contributed by atoms with van der Waals surface area (Å²) in [6, 6.07) is 3.89. The van der Waals surface area contributed by atoms with E-state index in [0.29, 0.717) is 17.5 Å². The molecule has 0 bridgehead atoms. The number of aromatic nitrogens is 1. The van der Waals surface area contributed by atoms with Crippen LogP contribution in [0.5, 0.6) is 0 Å². The molecule has 2 rings (SSSR count). The number of carbonyl (C=O) groups excluding carboxylic acids is 1. The second-order valence-corrected chi connectivity index (χ2v) is 4.75. The Morgan fingerprint density at radius 3 is 2.71 bits per heavy atom. The van der Waals surface area contributed by atoms with E-state index in [1.54, 1.807) is 6.07 Å². The Balaban J connectivity index is 1.94. The van der Waals surface area contributed by atoms with Crippen LogP contribution in [0.25, 0.3) is 0 Å². The summed E-state index contributed by atoms with van der Waals surface area (Å²) in [5.74, 6) is 1.07. The molecule has 0 atom stereocenters. The Kier molecular flexibility index (Phi) is 3.28. The van der Waals surface area contributed by atoms with Crippen molar-refractivity contribution in [2.45, 2.75) is 18.9 Å². The fourth-order valence-corrected chi connectivity index (χ4v) is 2.17. The van der Waals surface area contributed by atoms with Gasteiger partial charge in [-0.2, -0.15) is 0 Å². The minimum atomic E-state index is -0.448. The van der Waals surface area contributed by atoms with E-state index < -0.39 is 5.91 Å². The van der Waals surface area contributed by atoms with Gasteiger partial charge in [-0.1, -0.05) is 0 Å². The van der Waals surface area contributed by atoms with Crippen LogP contribution in [0.2, 0.25) is 0 Å². The van der Waals surface area contributed by atoms with Crippen molar-refractivity contribution in [2.75, 3.05) is 18.5 Å². The molecular weight excluding hydrogens is 216 g/mol. The van der Waals surface area contributed by atoms with Crippen LogP contribution in [0.3, 0.4) is 0 Å². The molecule has 1 saturated carbocycles. The fourth-order valence-electron chi connectivity index (χ4n) is 2.17. The standard InChI is InChI=1S/C12H18N4O/c1-16(7-8-4-10(13)5-8)11-3-2-9(6-15-11)12(14)17/h2-3,6,8,10H,4-5,7,13H2,1H3,(H2,14,17). The van der Waals surface area contributed by atoms with Crippen LogP contribution < -0.4 is 16.4 Å². The smallest absolute Gasteiger partial charge is 0.250 e. The van der Waals surface area contributed by atoms with Gasteiger partial charge in [0.05, 0.1) is 5.56 Å². The van der Waals surface area contributed by atoms with Crippen LogP contribution in [0.1, 0.15) is 23.2 Å². The normalized spacial score (nSPS) is 22.9. The van der Waals surface area contributed by atoms with Crippen molar-refractivity contribution in [2.24, 2.45) is 17.4 Å². The van der Waals surface area contributed by atoms with Crippen molar-refractivity contribution < 1.29 is 4.79 Å². The third-order valence-corrected chi connectivity index (χ3v) is 3.23. The molecule has 5 heteroatoms. The molecule has 0 saturated heterocycles. The molecule has 0 aliphatic heterocycles. The maximum atomic E-state index is 10.9. The van der Waals surface area contributed by atoms with Crippen molar-refractivity contribution >= 4 is 11.7 Å². The largest absolute Gasteiger partial charge is 0.366 e. The first-order chi connectivity index (χ1) is 8.06. The minimum Gasteiger partial charge on any atom is -0.366 e. The van der Waals surface area contributed by atoms with E-state index in [-0.39, 0.29) is 0 Å². The fraction of sp³-hybridized carbons (Fsp3) is 0.500. The molecule has 92 valence electrons. The Bertz CT molecular complexity index is 397. The van der Waals surface area contributed by atoms with Gasteiger partial charge in [0.2, 0.25) is 5.91 Å². The summed E-state index contributed by atoms with van der Waals surface area (Å²) >= 11 is 0. The Morgan fingerprint density at radius 2 is 2.24 bits per heavy atom. The van der Waals surface area contributed by atoms with Crippen LogP contribution in [0.15, 0.2) is 18.3 Å². The van der Waals surface area contributed by atoms with E-state index in [9.17, 15) is 4.79 Å². The van der Waals surface area contributed by atoms with Gasteiger partial charge in [-0.05, 0) is 30.9 Å². The van der Waals surface area contributed by atoms with Gasteiger partial charge in [0.15, 0.2) is 0 Å². The van der Waals surface area contributed by atoms with Crippen LogP contribution in [0, 0.1) is 5.92 Å². The zero-order valence-electron chi connectivity index (χ0n) is 9.97. The lowest BCUT2D eigenvalue weighted by Gasteiger charge is -2.35. The number of hydrogen-bond donors (Lipinski definition) is 2. The van der Waals surface area contributed by atoms with Crippen LogP contribution >= 0.6 is 0 Å². The number of carbonyl (C=O) groups is 1. The molecule has 1 amide bonds. The molecule has 0 unspecified atom stereocenters. The summed E-state index contributed by atoms with van der Waals surface area (Å²) in [7, 11) is 2.00. The van der Waals surface area contributed by atoms with Gasteiger partial charge in [-0.3, -0.25) is 4.79 Å². The highest BCUT2D eigenvalue weighted by atomic mass is 16.1. The van der Waals surface area contributed by atoms with Crippen molar-refractivity contribution in [1.29, 1.82) is 0 Å². The second-order valence-electron chi connectivity index (χ2n) is 4.75. The molecule has 1 heterocycles. The number of pyridine rings is 1. The predicted octanol–water partition coefficient (Wildman–Crippen LogP) is 0.354. The molecule has 1 aliphatic carbocycles. The third-order valence-electron chi connectivity index (χ3n) is 3.23. The van der Waals surface area contributed by atoms with E-state index in [1.807, 2.05) is 13.1 Å². The van der Waals surface area contributed by atoms with Crippen molar-refractivity contribution in [3.8, 4) is 0 Å². The molecule has 0 aromatic carbocycles. The van der Waals surface area contributed by atoms with E-state index in [4.69, 9.17) is 11.5 Å². The van der Waals surface area contributed by atoms with Gasteiger partial charge in [0.25, 0.3) is 0 Å². The SMILES string of the molecule is CN(CC1CC(N)C1)c1ccc(C(N)=O)cn1. The number of primary amides is 1. The van der Waals surface area contributed by atoms with E-state index >= 15 is 0 Å².